The summed E-state index contributed by atoms with van der Waals surface area (Å²) in [6, 6.07) is 6.07. The largest absolute Gasteiger partial charge is 0.339 e. The van der Waals surface area contributed by atoms with E-state index in [9.17, 15) is 4.39 Å². The van der Waals surface area contributed by atoms with Crippen LogP contribution in [0.15, 0.2) is 30.6 Å². The molecule has 1 aliphatic rings. The third kappa shape index (κ3) is 3.45. The summed E-state index contributed by atoms with van der Waals surface area (Å²) in [5.41, 5.74) is 1.69. The first-order chi connectivity index (χ1) is 12.7. The van der Waals surface area contributed by atoms with Gasteiger partial charge in [0.25, 0.3) is 0 Å². The molecule has 1 saturated heterocycles. The van der Waals surface area contributed by atoms with Gasteiger partial charge in [0.1, 0.15) is 0 Å². The number of rotatable bonds is 4. The zero-order valence-electron chi connectivity index (χ0n) is 14.7. The molecule has 0 bridgehead atoms. The summed E-state index contributed by atoms with van der Waals surface area (Å²) in [6.45, 7) is 4.82. The lowest BCUT2D eigenvalue weighted by Gasteiger charge is -2.24. The van der Waals surface area contributed by atoms with Crippen LogP contribution in [0.1, 0.15) is 19.8 Å². The van der Waals surface area contributed by atoms with E-state index in [1.54, 1.807) is 6.20 Å². The molecule has 1 aromatic carbocycles. The van der Waals surface area contributed by atoms with Crippen molar-refractivity contribution in [3.63, 3.8) is 0 Å². The van der Waals surface area contributed by atoms with Crippen molar-refractivity contribution in [2.24, 2.45) is 0 Å². The third-order valence-electron chi connectivity index (χ3n) is 4.69. The molecule has 0 saturated carbocycles. The lowest BCUT2D eigenvalue weighted by Crippen LogP contribution is -2.37. The molecular formula is C18H22FN7. The van der Waals surface area contributed by atoms with Crippen LogP contribution in [0.5, 0.6) is 0 Å². The van der Waals surface area contributed by atoms with Crippen LogP contribution < -0.4 is 15.5 Å². The fourth-order valence-electron chi connectivity index (χ4n) is 3.21. The molecule has 3 heterocycles. The van der Waals surface area contributed by atoms with E-state index < -0.39 is 5.82 Å². The predicted molar refractivity (Wildman–Crippen MR) is 100 cm³/mol. The van der Waals surface area contributed by atoms with E-state index in [4.69, 9.17) is 0 Å². The van der Waals surface area contributed by atoms with Gasteiger partial charge in [-0.3, -0.25) is 5.10 Å². The summed E-state index contributed by atoms with van der Waals surface area (Å²) in [6.07, 6.45) is 5.02. The van der Waals surface area contributed by atoms with E-state index in [1.165, 1.54) is 6.20 Å². The van der Waals surface area contributed by atoms with Crippen molar-refractivity contribution in [2.45, 2.75) is 25.8 Å². The van der Waals surface area contributed by atoms with E-state index in [0.717, 1.165) is 49.1 Å². The van der Waals surface area contributed by atoms with E-state index in [0.29, 0.717) is 12.0 Å². The first-order valence-electron chi connectivity index (χ1n) is 8.94. The van der Waals surface area contributed by atoms with Crippen molar-refractivity contribution in [1.82, 2.24) is 25.5 Å². The number of aromatic nitrogens is 4. The summed E-state index contributed by atoms with van der Waals surface area (Å²) in [5.74, 6) is 0.268. The maximum Gasteiger partial charge on any atom is 0.227 e. The molecule has 1 unspecified atom stereocenters. The molecular weight excluding hydrogens is 333 g/mol. The van der Waals surface area contributed by atoms with Gasteiger partial charge in [-0.25, -0.2) is 9.37 Å². The smallest absolute Gasteiger partial charge is 0.227 e. The summed E-state index contributed by atoms with van der Waals surface area (Å²) in [5, 5.41) is 14.4. The van der Waals surface area contributed by atoms with Crippen molar-refractivity contribution in [3.05, 3.63) is 36.4 Å². The van der Waals surface area contributed by atoms with Crippen molar-refractivity contribution >= 4 is 28.4 Å². The van der Waals surface area contributed by atoms with Gasteiger partial charge in [0, 0.05) is 30.2 Å². The molecule has 1 aliphatic heterocycles. The number of nitrogens with zero attached hydrogens (tertiary/aromatic N) is 4. The number of halogens is 1. The summed E-state index contributed by atoms with van der Waals surface area (Å²) >= 11 is 0. The van der Waals surface area contributed by atoms with Gasteiger partial charge in [0.05, 0.1) is 17.9 Å². The van der Waals surface area contributed by atoms with Gasteiger partial charge in [-0.05, 0) is 37.6 Å². The molecule has 26 heavy (non-hydrogen) atoms. The molecule has 8 heteroatoms. The van der Waals surface area contributed by atoms with Crippen LogP contribution in [0.3, 0.4) is 0 Å². The maximum absolute atomic E-state index is 14.3. The number of aromatic amines is 1. The fourth-order valence-corrected chi connectivity index (χ4v) is 3.21. The molecule has 3 aromatic rings. The Morgan fingerprint density at radius 1 is 1.35 bits per heavy atom. The average molecular weight is 355 g/mol. The summed E-state index contributed by atoms with van der Waals surface area (Å²) in [4.78, 5) is 10.8. The second-order valence-electron chi connectivity index (χ2n) is 6.52. The monoisotopic (exact) mass is 355 g/mol. The molecule has 1 atom stereocenters. The number of hydrogen-bond donors (Lipinski definition) is 3. The number of benzene rings is 1. The van der Waals surface area contributed by atoms with Crippen LogP contribution in [0.4, 0.5) is 21.8 Å². The van der Waals surface area contributed by atoms with E-state index >= 15 is 0 Å². The highest BCUT2D eigenvalue weighted by atomic mass is 19.1. The van der Waals surface area contributed by atoms with Crippen molar-refractivity contribution < 1.29 is 4.39 Å². The maximum atomic E-state index is 14.3. The zero-order valence-corrected chi connectivity index (χ0v) is 14.7. The molecule has 0 spiro atoms. The molecule has 2 aromatic heterocycles. The minimum Gasteiger partial charge on any atom is -0.339 e. The van der Waals surface area contributed by atoms with Gasteiger partial charge >= 0.3 is 0 Å². The minimum atomic E-state index is -0.471. The van der Waals surface area contributed by atoms with Crippen LogP contribution in [-0.4, -0.2) is 45.8 Å². The Morgan fingerprint density at radius 3 is 3.15 bits per heavy atom. The lowest BCUT2D eigenvalue weighted by molar-refractivity contribution is 0.526. The van der Waals surface area contributed by atoms with Gasteiger partial charge in [-0.1, -0.05) is 6.92 Å². The van der Waals surface area contributed by atoms with Crippen LogP contribution in [-0.2, 0) is 0 Å². The average Bonchev–Trinajstić information content (AvgIpc) is 2.98. The molecule has 0 amide bonds. The highest BCUT2D eigenvalue weighted by Crippen LogP contribution is 2.23. The van der Waals surface area contributed by atoms with Crippen LogP contribution in [0, 0.1) is 5.82 Å². The summed E-state index contributed by atoms with van der Waals surface area (Å²) in [7, 11) is 0. The van der Waals surface area contributed by atoms with E-state index in [2.05, 4.69) is 42.6 Å². The van der Waals surface area contributed by atoms with Crippen LogP contribution in [0.25, 0.3) is 10.9 Å². The molecule has 1 fully saturated rings. The molecule has 3 N–H and O–H groups in total. The first kappa shape index (κ1) is 16.7. The highest BCUT2D eigenvalue weighted by molar-refractivity contribution is 5.82. The van der Waals surface area contributed by atoms with E-state index in [1.807, 2.05) is 18.2 Å². The number of nitrogens with one attached hydrogen (secondary N) is 3. The molecule has 7 nitrogen and oxygen atoms in total. The SMILES string of the molecule is CCC1CN(c2ncc(F)c(Nc3ccc4[nH]ncc4c3)n2)CCCN1. The second kappa shape index (κ2) is 7.25. The predicted octanol–water partition coefficient (Wildman–Crippen LogP) is 2.81. The highest BCUT2D eigenvalue weighted by Gasteiger charge is 2.19. The number of hydrogen-bond acceptors (Lipinski definition) is 6. The van der Waals surface area contributed by atoms with Gasteiger partial charge in [-0.2, -0.15) is 10.1 Å². The van der Waals surface area contributed by atoms with Gasteiger partial charge in [0.2, 0.25) is 5.95 Å². The summed E-state index contributed by atoms with van der Waals surface area (Å²) < 4.78 is 14.3. The van der Waals surface area contributed by atoms with Crippen LogP contribution >= 0.6 is 0 Å². The number of H-pyrrole nitrogens is 1. The van der Waals surface area contributed by atoms with Gasteiger partial charge in [-0.15, -0.1) is 0 Å². The number of fused-ring (bicyclic) bond motifs is 1. The first-order valence-corrected chi connectivity index (χ1v) is 8.94. The Balaban J connectivity index is 1.59. The van der Waals surface area contributed by atoms with Gasteiger partial charge in [0.15, 0.2) is 11.6 Å². The Bertz CT molecular complexity index is 894. The minimum absolute atomic E-state index is 0.183. The number of anilines is 3. The molecule has 0 radical (unpaired) electrons. The Kier molecular flexibility index (Phi) is 4.66. The third-order valence-corrected chi connectivity index (χ3v) is 4.69. The van der Waals surface area contributed by atoms with Crippen LogP contribution in [0.2, 0.25) is 0 Å². The molecule has 4 rings (SSSR count). The van der Waals surface area contributed by atoms with Gasteiger partial charge < -0.3 is 15.5 Å². The van der Waals surface area contributed by atoms with E-state index in [-0.39, 0.29) is 5.82 Å². The molecule has 136 valence electrons. The Hall–Kier alpha value is -2.74. The lowest BCUT2D eigenvalue weighted by atomic mass is 10.2. The topological polar surface area (TPSA) is 81.8 Å². The molecule has 0 aliphatic carbocycles. The Morgan fingerprint density at radius 2 is 2.27 bits per heavy atom. The standard InChI is InChI=1S/C18H22FN7/c1-2-13-11-26(7-3-6-20-13)18-21-10-15(19)17(24-18)23-14-4-5-16-12(8-14)9-22-25-16/h4-5,8-10,13,20H,2-3,6-7,11H2,1H3,(H,22,25)(H,21,23,24). The second-order valence-corrected chi connectivity index (χ2v) is 6.52. The van der Waals surface area contributed by atoms with Crippen molar-refractivity contribution in [2.75, 3.05) is 29.9 Å². The normalized spacial score (nSPS) is 18.1. The zero-order chi connectivity index (χ0) is 17.9. The quantitative estimate of drug-likeness (QED) is 0.668. The Labute approximate surface area is 151 Å². The fraction of sp³-hybridized carbons (Fsp3) is 0.389. The van der Waals surface area contributed by atoms with Crippen molar-refractivity contribution in [3.8, 4) is 0 Å². The van der Waals surface area contributed by atoms with Crippen molar-refractivity contribution in [1.29, 1.82) is 0 Å².